The lowest BCUT2D eigenvalue weighted by Gasteiger charge is -2.41. The molecule has 0 radical (unpaired) electrons. The number of nitrogen functional groups attached to an aromatic ring is 1. The summed E-state index contributed by atoms with van der Waals surface area (Å²) < 4.78 is 0. The molecule has 4 heteroatoms. The lowest BCUT2D eigenvalue weighted by atomic mass is 9.74. The molecule has 1 amide bonds. The Kier molecular flexibility index (Phi) is 4.08. The van der Waals surface area contributed by atoms with E-state index in [1.54, 1.807) is 18.5 Å². The van der Waals surface area contributed by atoms with Gasteiger partial charge in [-0.25, -0.2) is 0 Å². The van der Waals surface area contributed by atoms with Crippen LogP contribution >= 0.6 is 0 Å². The van der Waals surface area contributed by atoms with Gasteiger partial charge in [-0.3, -0.25) is 9.78 Å². The molecule has 0 saturated carbocycles. The van der Waals surface area contributed by atoms with Crippen LogP contribution in [0.3, 0.4) is 0 Å². The van der Waals surface area contributed by atoms with Gasteiger partial charge in [0, 0.05) is 31.2 Å². The molecule has 4 nitrogen and oxygen atoms in total. The zero-order chi connectivity index (χ0) is 13.9. The molecular formula is C15H23N3O. The average Bonchev–Trinajstić information content (AvgIpc) is 2.47. The van der Waals surface area contributed by atoms with Gasteiger partial charge in [0.05, 0.1) is 5.56 Å². The predicted molar refractivity (Wildman–Crippen MR) is 76.8 cm³/mol. The average molecular weight is 261 g/mol. The number of hydrogen-bond acceptors (Lipinski definition) is 3. The van der Waals surface area contributed by atoms with E-state index in [1.165, 1.54) is 12.8 Å². The number of carbonyl (C=O) groups excluding carboxylic acids is 1. The van der Waals surface area contributed by atoms with Crippen LogP contribution in [0, 0.1) is 5.41 Å². The van der Waals surface area contributed by atoms with Crippen molar-refractivity contribution in [2.24, 2.45) is 5.41 Å². The van der Waals surface area contributed by atoms with Gasteiger partial charge in [0.1, 0.15) is 0 Å². The van der Waals surface area contributed by atoms with Crippen LogP contribution in [0.5, 0.6) is 0 Å². The highest BCUT2D eigenvalue weighted by Crippen LogP contribution is 2.38. The zero-order valence-corrected chi connectivity index (χ0v) is 11.9. The minimum absolute atomic E-state index is 0.0198. The molecule has 1 saturated heterocycles. The number of likely N-dealkylation sites (tertiary alicyclic amines) is 1. The largest absolute Gasteiger partial charge is 0.398 e. The Morgan fingerprint density at radius 3 is 2.53 bits per heavy atom. The smallest absolute Gasteiger partial charge is 0.257 e. The van der Waals surface area contributed by atoms with E-state index < -0.39 is 0 Å². The van der Waals surface area contributed by atoms with Crippen LogP contribution in [-0.4, -0.2) is 28.9 Å². The molecule has 0 aromatic carbocycles. The van der Waals surface area contributed by atoms with Crippen molar-refractivity contribution in [3.05, 3.63) is 24.0 Å². The van der Waals surface area contributed by atoms with Crippen molar-refractivity contribution in [1.29, 1.82) is 0 Å². The third kappa shape index (κ3) is 2.72. The Morgan fingerprint density at radius 2 is 2.00 bits per heavy atom. The second kappa shape index (κ2) is 5.59. The Balaban J connectivity index is 2.06. The molecule has 0 aliphatic carbocycles. The number of pyridine rings is 1. The summed E-state index contributed by atoms with van der Waals surface area (Å²) in [5.74, 6) is 0.0198. The van der Waals surface area contributed by atoms with E-state index in [9.17, 15) is 4.79 Å². The molecule has 2 N–H and O–H groups in total. The molecule has 2 rings (SSSR count). The first-order valence-corrected chi connectivity index (χ1v) is 7.10. The molecule has 1 aromatic rings. The number of rotatable bonds is 3. The third-order valence-corrected chi connectivity index (χ3v) is 4.70. The van der Waals surface area contributed by atoms with Gasteiger partial charge in [-0.05, 0) is 24.3 Å². The number of nitrogens with two attached hydrogens (primary N) is 1. The monoisotopic (exact) mass is 261 g/mol. The molecule has 0 unspecified atom stereocenters. The molecule has 104 valence electrons. The van der Waals surface area contributed by atoms with Crippen molar-refractivity contribution in [2.75, 3.05) is 18.8 Å². The fourth-order valence-corrected chi connectivity index (χ4v) is 2.90. The van der Waals surface area contributed by atoms with Crippen molar-refractivity contribution in [3.8, 4) is 0 Å². The highest BCUT2D eigenvalue weighted by Gasteiger charge is 2.33. The first-order valence-electron chi connectivity index (χ1n) is 7.10. The Hall–Kier alpha value is -1.58. The van der Waals surface area contributed by atoms with E-state index in [4.69, 9.17) is 5.73 Å². The number of hydrogen-bond donors (Lipinski definition) is 1. The van der Waals surface area contributed by atoms with Gasteiger partial charge in [0.2, 0.25) is 0 Å². The molecule has 19 heavy (non-hydrogen) atoms. The van der Waals surface area contributed by atoms with Crippen LogP contribution in [0.4, 0.5) is 5.69 Å². The maximum atomic E-state index is 12.4. The fraction of sp³-hybridized carbons (Fsp3) is 0.600. The Labute approximate surface area is 115 Å². The number of amides is 1. The Morgan fingerprint density at radius 1 is 1.37 bits per heavy atom. The normalized spacial score (nSPS) is 18.3. The topological polar surface area (TPSA) is 59.2 Å². The highest BCUT2D eigenvalue weighted by molar-refractivity contribution is 5.98. The van der Waals surface area contributed by atoms with Crippen molar-refractivity contribution < 1.29 is 4.79 Å². The molecule has 1 aliphatic rings. The number of nitrogens with zero attached hydrogens (tertiary/aromatic N) is 2. The third-order valence-electron chi connectivity index (χ3n) is 4.70. The van der Waals surface area contributed by atoms with Crippen molar-refractivity contribution in [2.45, 2.75) is 39.5 Å². The van der Waals surface area contributed by atoms with Gasteiger partial charge in [-0.15, -0.1) is 0 Å². The minimum atomic E-state index is 0.0198. The second-order valence-corrected chi connectivity index (χ2v) is 5.46. The van der Waals surface area contributed by atoms with Crippen LogP contribution < -0.4 is 5.73 Å². The lowest BCUT2D eigenvalue weighted by molar-refractivity contribution is 0.0558. The van der Waals surface area contributed by atoms with Gasteiger partial charge in [0.25, 0.3) is 5.91 Å². The van der Waals surface area contributed by atoms with Crippen LogP contribution in [0.1, 0.15) is 49.9 Å². The molecule has 0 spiro atoms. The van der Waals surface area contributed by atoms with Crippen molar-refractivity contribution in [1.82, 2.24) is 9.88 Å². The van der Waals surface area contributed by atoms with Gasteiger partial charge in [0.15, 0.2) is 0 Å². The standard InChI is InChI=1S/C15H23N3O/c1-3-15(4-2)6-9-18(10-7-15)14(19)12-11-17-8-5-13(12)16/h5,8,11H,3-4,6-7,9-10H2,1-2H3,(H2,16,17). The summed E-state index contributed by atoms with van der Waals surface area (Å²) in [7, 11) is 0. The summed E-state index contributed by atoms with van der Waals surface area (Å²) in [5, 5.41) is 0. The molecule has 0 bridgehead atoms. The molecule has 1 fully saturated rings. The summed E-state index contributed by atoms with van der Waals surface area (Å²) in [6.45, 7) is 6.16. The molecular weight excluding hydrogens is 238 g/mol. The van der Waals surface area contributed by atoms with Gasteiger partial charge >= 0.3 is 0 Å². The van der Waals surface area contributed by atoms with E-state index in [-0.39, 0.29) is 5.91 Å². The molecule has 1 aromatic heterocycles. The van der Waals surface area contributed by atoms with Crippen LogP contribution in [0.15, 0.2) is 18.5 Å². The predicted octanol–water partition coefficient (Wildman–Crippen LogP) is 2.71. The number of piperidine rings is 1. The van der Waals surface area contributed by atoms with Gasteiger partial charge in [-0.1, -0.05) is 26.7 Å². The van der Waals surface area contributed by atoms with E-state index in [0.29, 0.717) is 16.7 Å². The van der Waals surface area contributed by atoms with Gasteiger partial charge < -0.3 is 10.6 Å². The highest BCUT2D eigenvalue weighted by atomic mass is 16.2. The van der Waals surface area contributed by atoms with Crippen LogP contribution in [0.25, 0.3) is 0 Å². The van der Waals surface area contributed by atoms with Crippen LogP contribution in [-0.2, 0) is 0 Å². The first-order chi connectivity index (χ1) is 9.12. The van der Waals surface area contributed by atoms with Gasteiger partial charge in [-0.2, -0.15) is 0 Å². The van der Waals surface area contributed by atoms with E-state index in [0.717, 1.165) is 25.9 Å². The number of anilines is 1. The first kappa shape index (κ1) is 13.8. The summed E-state index contributed by atoms with van der Waals surface area (Å²) in [4.78, 5) is 18.3. The molecule has 2 heterocycles. The van der Waals surface area contributed by atoms with Crippen molar-refractivity contribution >= 4 is 11.6 Å². The van der Waals surface area contributed by atoms with E-state index in [2.05, 4.69) is 18.8 Å². The summed E-state index contributed by atoms with van der Waals surface area (Å²) >= 11 is 0. The lowest BCUT2D eigenvalue weighted by Crippen LogP contribution is -2.43. The zero-order valence-electron chi connectivity index (χ0n) is 11.9. The molecule has 1 aliphatic heterocycles. The van der Waals surface area contributed by atoms with E-state index in [1.807, 2.05) is 4.90 Å². The summed E-state index contributed by atoms with van der Waals surface area (Å²) in [5.41, 5.74) is 7.32. The second-order valence-electron chi connectivity index (χ2n) is 5.46. The maximum Gasteiger partial charge on any atom is 0.257 e. The van der Waals surface area contributed by atoms with Crippen LogP contribution in [0.2, 0.25) is 0 Å². The Bertz CT molecular complexity index is 444. The SMILES string of the molecule is CCC1(CC)CCN(C(=O)c2cnccc2N)CC1. The number of aromatic nitrogens is 1. The van der Waals surface area contributed by atoms with Crippen molar-refractivity contribution in [3.63, 3.8) is 0 Å². The fourth-order valence-electron chi connectivity index (χ4n) is 2.90. The summed E-state index contributed by atoms with van der Waals surface area (Å²) in [6, 6.07) is 1.68. The minimum Gasteiger partial charge on any atom is -0.398 e. The summed E-state index contributed by atoms with van der Waals surface area (Å²) in [6.07, 6.45) is 7.75. The van der Waals surface area contributed by atoms with E-state index >= 15 is 0 Å². The molecule has 0 atom stereocenters. The number of carbonyl (C=O) groups is 1. The maximum absolute atomic E-state index is 12.4. The quantitative estimate of drug-likeness (QED) is 0.910.